The molecule has 0 spiro atoms. The van der Waals surface area contributed by atoms with Crippen LogP contribution in [-0.4, -0.2) is 35.9 Å². The Morgan fingerprint density at radius 3 is 2.38 bits per heavy atom. The molecule has 3 aliphatic rings. The Kier molecular flexibility index (Phi) is 4.12. The first-order valence-corrected chi connectivity index (χ1v) is 11.1. The summed E-state index contributed by atoms with van der Waals surface area (Å²) in [4.78, 5) is 37.0. The van der Waals surface area contributed by atoms with Crippen LogP contribution in [0.3, 0.4) is 0 Å². The number of hydrogen-bond acceptors (Lipinski definition) is 4. The predicted octanol–water partition coefficient (Wildman–Crippen LogP) is 4.17. The lowest BCUT2D eigenvalue weighted by Gasteiger charge is -2.40. The number of benzene rings is 2. The number of nitrogens with zero attached hydrogens (tertiary/aromatic N) is 4. The lowest BCUT2D eigenvalue weighted by molar-refractivity contribution is -0.119. The zero-order chi connectivity index (χ0) is 22.0. The Hall–Kier alpha value is -3.67. The first kappa shape index (κ1) is 19.0. The van der Waals surface area contributed by atoms with Crippen molar-refractivity contribution < 1.29 is 9.59 Å². The van der Waals surface area contributed by atoms with Gasteiger partial charge in [0.1, 0.15) is 11.9 Å². The molecule has 0 N–H and O–H groups in total. The first-order valence-electron chi connectivity index (χ1n) is 11.1. The molecular weight excluding hydrogens is 400 g/mol. The van der Waals surface area contributed by atoms with E-state index in [1.807, 2.05) is 61.5 Å². The van der Waals surface area contributed by atoms with Crippen LogP contribution < -0.4 is 14.7 Å². The highest BCUT2D eigenvalue weighted by atomic mass is 16.2. The fourth-order valence-electron chi connectivity index (χ4n) is 5.08. The number of amides is 2. The molecule has 2 aliphatic heterocycles. The van der Waals surface area contributed by atoms with Crippen molar-refractivity contribution in [2.24, 2.45) is 0 Å². The largest absolute Gasteiger partial charge is 0.340 e. The summed E-state index contributed by atoms with van der Waals surface area (Å²) in [5.74, 6) is 1.42. The van der Waals surface area contributed by atoms with E-state index in [-0.39, 0.29) is 23.9 Å². The molecule has 1 aromatic heterocycles. The second kappa shape index (κ2) is 6.92. The highest BCUT2D eigenvalue weighted by molar-refractivity contribution is 6.12. The number of carbonyl (C=O) groups excluding carboxylic acids is 2. The molecule has 2 aromatic carbocycles. The maximum Gasteiger partial charge on any atom is 0.260 e. The van der Waals surface area contributed by atoms with Gasteiger partial charge < -0.3 is 9.80 Å². The SMILES string of the molecule is CC1C(=O)N(C)c2ccc(N3C(=O)c4ccccc4C3c3ccccc3)nc2N1C1CC1. The average molecular weight is 425 g/mol. The van der Waals surface area contributed by atoms with Crippen molar-refractivity contribution in [3.05, 3.63) is 83.4 Å². The third kappa shape index (κ3) is 2.68. The van der Waals surface area contributed by atoms with Gasteiger partial charge in [-0.1, -0.05) is 48.5 Å². The van der Waals surface area contributed by atoms with Crippen LogP contribution in [0.1, 0.15) is 47.3 Å². The maximum atomic E-state index is 13.6. The molecule has 160 valence electrons. The van der Waals surface area contributed by atoms with Gasteiger partial charge in [-0.3, -0.25) is 14.5 Å². The normalized spacial score (nSPS) is 22.2. The second-order valence-corrected chi connectivity index (χ2v) is 8.80. The molecule has 2 unspecified atom stereocenters. The van der Waals surface area contributed by atoms with Crippen LogP contribution in [0.25, 0.3) is 0 Å². The number of fused-ring (bicyclic) bond motifs is 2. The Morgan fingerprint density at radius 2 is 1.62 bits per heavy atom. The summed E-state index contributed by atoms with van der Waals surface area (Å²) in [7, 11) is 1.80. The standard InChI is InChI=1S/C26H24N4O2/c1-16-25(31)28(2)21-14-15-22(27-24(21)29(16)18-12-13-18)30-23(17-8-4-3-5-9-17)19-10-6-7-11-20(19)26(30)32/h3-11,14-16,18,23H,12-13H2,1-2H3. The number of anilines is 3. The molecule has 32 heavy (non-hydrogen) atoms. The number of likely N-dealkylation sites (N-methyl/N-ethyl adjacent to an activating group) is 1. The summed E-state index contributed by atoms with van der Waals surface area (Å²) >= 11 is 0. The first-order chi connectivity index (χ1) is 15.6. The lowest BCUT2D eigenvalue weighted by atomic mass is 9.98. The van der Waals surface area contributed by atoms with Crippen LogP contribution in [-0.2, 0) is 4.79 Å². The van der Waals surface area contributed by atoms with Gasteiger partial charge in [0.15, 0.2) is 5.82 Å². The van der Waals surface area contributed by atoms with Gasteiger partial charge in [0, 0.05) is 18.7 Å². The summed E-state index contributed by atoms with van der Waals surface area (Å²) < 4.78 is 0. The number of hydrogen-bond donors (Lipinski definition) is 0. The van der Waals surface area contributed by atoms with Crippen molar-refractivity contribution in [1.82, 2.24) is 4.98 Å². The van der Waals surface area contributed by atoms with E-state index in [0.717, 1.165) is 35.5 Å². The predicted molar refractivity (Wildman–Crippen MR) is 124 cm³/mol. The van der Waals surface area contributed by atoms with E-state index in [0.29, 0.717) is 17.4 Å². The quantitative estimate of drug-likeness (QED) is 0.633. The molecule has 1 saturated carbocycles. The Labute approximate surface area is 187 Å². The highest BCUT2D eigenvalue weighted by Gasteiger charge is 2.44. The summed E-state index contributed by atoms with van der Waals surface area (Å²) in [5.41, 5.74) is 3.54. The van der Waals surface area contributed by atoms with E-state index in [4.69, 9.17) is 4.98 Å². The van der Waals surface area contributed by atoms with Gasteiger partial charge in [-0.25, -0.2) is 4.98 Å². The van der Waals surface area contributed by atoms with Gasteiger partial charge in [-0.2, -0.15) is 0 Å². The third-order valence-electron chi connectivity index (χ3n) is 6.82. The molecule has 0 saturated heterocycles. The number of pyridine rings is 1. The molecule has 2 atom stereocenters. The topological polar surface area (TPSA) is 56.8 Å². The Balaban J connectivity index is 1.51. The summed E-state index contributed by atoms with van der Waals surface area (Å²) in [5, 5.41) is 0. The molecule has 2 amide bonds. The molecule has 6 rings (SSSR count). The zero-order valence-corrected chi connectivity index (χ0v) is 18.1. The highest BCUT2D eigenvalue weighted by Crippen LogP contribution is 2.45. The molecule has 6 nitrogen and oxygen atoms in total. The monoisotopic (exact) mass is 424 g/mol. The van der Waals surface area contributed by atoms with Gasteiger partial charge in [0.25, 0.3) is 5.91 Å². The van der Waals surface area contributed by atoms with E-state index in [1.165, 1.54) is 0 Å². The number of rotatable bonds is 3. The van der Waals surface area contributed by atoms with Crippen molar-refractivity contribution in [3.8, 4) is 0 Å². The van der Waals surface area contributed by atoms with Gasteiger partial charge in [-0.05, 0) is 49.1 Å². The summed E-state index contributed by atoms with van der Waals surface area (Å²) in [6.45, 7) is 1.94. The van der Waals surface area contributed by atoms with Crippen molar-refractivity contribution in [1.29, 1.82) is 0 Å². The number of carbonyl (C=O) groups is 2. The van der Waals surface area contributed by atoms with E-state index >= 15 is 0 Å². The van der Waals surface area contributed by atoms with Gasteiger partial charge >= 0.3 is 0 Å². The minimum absolute atomic E-state index is 0.0480. The minimum Gasteiger partial charge on any atom is -0.340 e. The Bertz CT molecular complexity index is 1240. The van der Waals surface area contributed by atoms with Crippen molar-refractivity contribution in [2.75, 3.05) is 21.7 Å². The van der Waals surface area contributed by atoms with Crippen LogP contribution in [0.2, 0.25) is 0 Å². The molecule has 1 aliphatic carbocycles. The summed E-state index contributed by atoms with van der Waals surface area (Å²) in [6.07, 6.45) is 2.13. The van der Waals surface area contributed by atoms with E-state index < -0.39 is 0 Å². The molecule has 3 heterocycles. The van der Waals surface area contributed by atoms with Crippen LogP contribution in [0, 0.1) is 0 Å². The minimum atomic E-state index is -0.265. The molecule has 3 aromatic rings. The fraction of sp³-hybridized carbons (Fsp3) is 0.269. The maximum absolute atomic E-state index is 13.6. The second-order valence-electron chi connectivity index (χ2n) is 8.80. The van der Waals surface area contributed by atoms with Gasteiger partial charge in [0.2, 0.25) is 5.91 Å². The number of aromatic nitrogens is 1. The molecule has 0 bridgehead atoms. The van der Waals surface area contributed by atoms with Crippen molar-refractivity contribution in [2.45, 2.75) is 37.9 Å². The van der Waals surface area contributed by atoms with Gasteiger partial charge in [-0.15, -0.1) is 0 Å². The van der Waals surface area contributed by atoms with E-state index in [2.05, 4.69) is 17.0 Å². The van der Waals surface area contributed by atoms with Crippen LogP contribution in [0.4, 0.5) is 17.3 Å². The smallest absolute Gasteiger partial charge is 0.260 e. The van der Waals surface area contributed by atoms with Crippen LogP contribution in [0.5, 0.6) is 0 Å². The van der Waals surface area contributed by atoms with Crippen LogP contribution >= 0.6 is 0 Å². The zero-order valence-electron chi connectivity index (χ0n) is 18.1. The lowest BCUT2D eigenvalue weighted by Crippen LogP contribution is -2.52. The molecule has 0 radical (unpaired) electrons. The Morgan fingerprint density at radius 1 is 0.906 bits per heavy atom. The van der Waals surface area contributed by atoms with Crippen molar-refractivity contribution >= 4 is 29.1 Å². The van der Waals surface area contributed by atoms with Crippen LogP contribution in [0.15, 0.2) is 66.7 Å². The molecule has 1 fully saturated rings. The van der Waals surface area contributed by atoms with Gasteiger partial charge in [0.05, 0.1) is 11.7 Å². The van der Waals surface area contributed by atoms with E-state index in [9.17, 15) is 9.59 Å². The van der Waals surface area contributed by atoms with Crippen molar-refractivity contribution in [3.63, 3.8) is 0 Å². The molecular formula is C26H24N4O2. The average Bonchev–Trinajstić information content (AvgIpc) is 3.61. The fourth-order valence-corrected chi connectivity index (χ4v) is 5.08. The molecule has 6 heteroatoms. The summed E-state index contributed by atoms with van der Waals surface area (Å²) in [6, 6.07) is 21.5. The third-order valence-corrected chi connectivity index (χ3v) is 6.82. The van der Waals surface area contributed by atoms with E-state index in [1.54, 1.807) is 16.8 Å².